The first-order valence-electron chi connectivity index (χ1n) is 10.9. The number of benzene rings is 1. The molecule has 4 fully saturated rings. The van der Waals surface area contributed by atoms with E-state index in [2.05, 4.69) is 17.6 Å². The van der Waals surface area contributed by atoms with Crippen LogP contribution in [0.4, 0.5) is 11.4 Å². The molecule has 2 N–H and O–H groups in total. The van der Waals surface area contributed by atoms with E-state index in [0.29, 0.717) is 17.1 Å². The van der Waals surface area contributed by atoms with Crippen molar-refractivity contribution in [2.24, 2.45) is 23.2 Å². The number of hydrogen-bond donors (Lipinski definition) is 2. The zero-order valence-electron chi connectivity index (χ0n) is 16.9. The molecule has 1 heterocycles. The summed E-state index contributed by atoms with van der Waals surface area (Å²) < 4.78 is 0. The Hall–Kier alpha value is -1.88. The van der Waals surface area contributed by atoms with Crippen LogP contribution in [0.2, 0.25) is 0 Å². The van der Waals surface area contributed by atoms with Crippen molar-refractivity contribution in [2.45, 2.75) is 64.5 Å². The highest BCUT2D eigenvalue weighted by Gasteiger charge is 2.53. The zero-order valence-corrected chi connectivity index (χ0v) is 16.9. The second kappa shape index (κ2) is 6.58. The van der Waals surface area contributed by atoms with Crippen LogP contribution < -0.4 is 15.5 Å². The van der Waals surface area contributed by atoms with Crippen molar-refractivity contribution in [3.63, 3.8) is 0 Å². The van der Waals surface area contributed by atoms with E-state index in [4.69, 9.17) is 0 Å². The van der Waals surface area contributed by atoms with Crippen LogP contribution in [0, 0.1) is 23.2 Å². The van der Waals surface area contributed by atoms with E-state index in [1.54, 1.807) is 4.90 Å². The van der Waals surface area contributed by atoms with Crippen LogP contribution in [-0.4, -0.2) is 30.4 Å². The summed E-state index contributed by atoms with van der Waals surface area (Å²) in [5.41, 5.74) is 1.87. The summed E-state index contributed by atoms with van der Waals surface area (Å²) in [6.07, 6.45) is 8.26. The third-order valence-corrected chi connectivity index (χ3v) is 7.91. The monoisotopic (exact) mass is 381 g/mol. The summed E-state index contributed by atoms with van der Waals surface area (Å²) in [5, 5.41) is 6.52. The Morgan fingerprint density at radius 3 is 2.36 bits per heavy atom. The van der Waals surface area contributed by atoms with Gasteiger partial charge in [0.05, 0.1) is 17.4 Å². The quantitative estimate of drug-likeness (QED) is 0.838. The Labute approximate surface area is 167 Å². The highest BCUT2D eigenvalue weighted by Crippen LogP contribution is 2.61. The standard InChI is InChI=1S/C23H31N3O2/c1-14(22(28)26-13-21(27)25-19-5-3-4-6-20(19)26)24-15(2)23-10-16-7-17(11-23)9-18(8-16)12-23/h3-6,14-18,24H,7-13H2,1-2H3,(H,25,27)/t14-,15+,16?,17?,18?,23?/m0/s1. The molecule has 0 spiro atoms. The molecule has 0 radical (unpaired) electrons. The van der Waals surface area contributed by atoms with Gasteiger partial charge in [0, 0.05) is 6.04 Å². The number of fused-ring (bicyclic) bond motifs is 1. The maximum atomic E-state index is 13.3. The Bertz CT molecular complexity index is 770. The van der Waals surface area contributed by atoms with Crippen molar-refractivity contribution < 1.29 is 9.59 Å². The van der Waals surface area contributed by atoms with Gasteiger partial charge in [-0.1, -0.05) is 12.1 Å². The molecule has 28 heavy (non-hydrogen) atoms. The fraction of sp³-hybridized carbons (Fsp3) is 0.652. The number of para-hydroxylation sites is 2. The average molecular weight is 382 g/mol. The average Bonchev–Trinajstić information content (AvgIpc) is 2.65. The maximum Gasteiger partial charge on any atom is 0.244 e. The zero-order chi connectivity index (χ0) is 19.5. The molecule has 4 saturated carbocycles. The van der Waals surface area contributed by atoms with Gasteiger partial charge in [0.25, 0.3) is 0 Å². The minimum Gasteiger partial charge on any atom is -0.323 e. The summed E-state index contributed by atoms with van der Waals surface area (Å²) in [4.78, 5) is 27.0. The topological polar surface area (TPSA) is 61.4 Å². The van der Waals surface area contributed by atoms with Gasteiger partial charge in [-0.15, -0.1) is 0 Å². The summed E-state index contributed by atoms with van der Waals surface area (Å²) in [6.45, 7) is 4.33. The van der Waals surface area contributed by atoms with Gasteiger partial charge in [-0.25, -0.2) is 0 Å². The first-order valence-corrected chi connectivity index (χ1v) is 10.9. The molecule has 1 aromatic rings. The number of hydrogen-bond acceptors (Lipinski definition) is 3. The van der Waals surface area contributed by atoms with Crippen LogP contribution in [0.1, 0.15) is 52.4 Å². The second-order valence-corrected chi connectivity index (χ2v) is 9.88. The highest BCUT2D eigenvalue weighted by molar-refractivity contribution is 6.11. The lowest BCUT2D eigenvalue weighted by Crippen LogP contribution is -2.59. The van der Waals surface area contributed by atoms with Crippen molar-refractivity contribution in [2.75, 3.05) is 16.8 Å². The predicted molar refractivity (Wildman–Crippen MR) is 110 cm³/mol. The molecular formula is C23H31N3O2. The summed E-state index contributed by atoms with van der Waals surface area (Å²) in [5.74, 6) is 2.56. The predicted octanol–water partition coefficient (Wildman–Crippen LogP) is 3.55. The molecule has 1 aromatic carbocycles. The highest BCUT2D eigenvalue weighted by atomic mass is 16.2. The van der Waals surface area contributed by atoms with Crippen LogP contribution in [0.25, 0.3) is 0 Å². The van der Waals surface area contributed by atoms with E-state index >= 15 is 0 Å². The first-order chi connectivity index (χ1) is 13.4. The number of carbonyl (C=O) groups is 2. The van der Waals surface area contributed by atoms with Gasteiger partial charge < -0.3 is 10.6 Å². The number of amides is 2. The van der Waals surface area contributed by atoms with Crippen molar-refractivity contribution >= 4 is 23.2 Å². The van der Waals surface area contributed by atoms with Crippen molar-refractivity contribution in [1.82, 2.24) is 5.32 Å². The minimum atomic E-state index is -0.304. The Balaban J connectivity index is 1.31. The number of anilines is 2. The first kappa shape index (κ1) is 18.2. The second-order valence-electron chi connectivity index (χ2n) is 9.88. The summed E-state index contributed by atoms with van der Waals surface area (Å²) in [7, 11) is 0. The smallest absolute Gasteiger partial charge is 0.244 e. The molecule has 5 nitrogen and oxygen atoms in total. The largest absolute Gasteiger partial charge is 0.323 e. The van der Waals surface area contributed by atoms with Gasteiger partial charge >= 0.3 is 0 Å². The molecule has 4 bridgehead atoms. The molecule has 2 amide bonds. The van der Waals surface area contributed by atoms with Crippen LogP contribution >= 0.6 is 0 Å². The Morgan fingerprint density at radius 2 is 1.71 bits per heavy atom. The van der Waals surface area contributed by atoms with E-state index in [0.717, 1.165) is 23.4 Å². The molecule has 2 atom stereocenters. The third-order valence-electron chi connectivity index (χ3n) is 7.91. The van der Waals surface area contributed by atoms with Gasteiger partial charge in [0.1, 0.15) is 6.54 Å². The van der Waals surface area contributed by atoms with Crippen LogP contribution in [0.3, 0.4) is 0 Å². The number of carbonyl (C=O) groups excluding carboxylic acids is 2. The minimum absolute atomic E-state index is 0.0149. The normalized spacial score (nSPS) is 35.3. The van der Waals surface area contributed by atoms with E-state index in [1.165, 1.54) is 38.5 Å². The number of rotatable bonds is 4. The maximum absolute atomic E-state index is 13.3. The Morgan fingerprint density at radius 1 is 1.11 bits per heavy atom. The van der Waals surface area contributed by atoms with Gasteiger partial charge in [-0.05, 0) is 87.7 Å². The molecule has 0 unspecified atom stereocenters. The Kier molecular flexibility index (Phi) is 4.27. The molecule has 1 aliphatic heterocycles. The van der Waals surface area contributed by atoms with E-state index in [-0.39, 0.29) is 24.4 Å². The summed E-state index contributed by atoms with van der Waals surface area (Å²) >= 11 is 0. The van der Waals surface area contributed by atoms with Crippen molar-refractivity contribution in [3.8, 4) is 0 Å². The molecule has 150 valence electrons. The lowest BCUT2D eigenvalue weighted by Gasteiger charge is -2.59. The van der Waals surface area contributed by atoms with Gasteiger partial charge in [0.15, 0.2) is 0 Å². The number of nitrogens with one attached hydrogen (secondary N) is 2. The third kappa shape index (κ3) is 2.95. The lowest BCUT2D eigenvalue weighted by molar-refractivity contribution is -0.124. The summed E-state index contributed by atoms with van der Waals surface area (Å²) in [6, 6.07) is 7.57. The lowest BCUT2D eigenvalue weighted by atomic mass is 9.48. The van der Waals surface area contributed by atoms with Crippen molar-refractivity contribution in [3.05, 3.63) is 24.3 Å². The van der Waals surface area contributed by atoms with Crippen LogP contribution in [-0.2, 0) is 9.59 Å². The molecule has 5 heteroatoms. The van der Waals surface area contributed by atoms with Gasteiger partial charge in [0.2, 0.25) is 11.8 Å². The van der Waals surface area contributed by atoms with E-state index in [9.17, 15) is 9.59 Å². The molecule has 6 rings (SSSR count). The SMILES string of the molecule is C[C@H](N[C@H](C)C12CC3CC(CC(C3)C1)C2)C(=O)N1CC(=O)Nc2ccccc21. The van der Waals surface area contributed by atoms with Gasteiger partial charge in [-0.2, -0.15) is 0 Å². The van der Waals surface area contributed by atoms with E-state index < -0.39 is 0 Å². The fourth-order valence-electron chi connectivity index (χ4n) is 6.99. The number of nitrogens with zero attached hydrogens (tertiary/aromatic N) is 1. The van der Waals surface area contributed by atoms with Crippen LogP contribution in [0.5, 0.6) is 0 Å². The molecule has 0 saturated heterocycles. The molecule has 5 aliphatic rings. The van der Waals surface area contributed by atoms with Crippen LogP contribution in [0.15, 0.2) is 24.3 Å². The molecular weight excluding hydrogens is 350 g/mol. The van der Waals surface area contributed by atoms with Gasteiger partial charge in [-0.3, -0.25) is 14.5 Å². The van der Waals surface area contributed by atoms with E-state index in [1.807, 2.05) is 31.2 Å². The molecule has 0 aromatic heterocycles. The van der Waals surface area contributed by atoms with Crippen molar-refractivity contribution in [1.29, 1.82) is 0 Å². The fourth-order valence-corrected chi connectivity index (χ4v) is 6.99. The molecule has 4 aliphatic carbocycles.